The van der Waals surface area contributed by atoms with E-state index in [2.05, 4.69) is 11.9 Å². The molecule has 0 radical (unpaired) electrons. The number of thiocarbonyl (C=S) groups is 1. The molecule has 2 heterocycles. The number of fused-ring (bicyclic) bond motifs is 2. The second kappa shape index (κ2) is 6.57. The maximum absolute atomic E-state index is 8.82. The molecule has 0 aromatic carbocycles. The van der Waals surface area contributed by atoms with Crippen LogP contribution in [0.5, 0.6) is 5.75 Å². The number of hydrogen-bond acceptors (Lipinski definition) is 6. The molecule has 1 aliphatic carbocycles. The van der Waals surface area contributed by atoms with Crippen LogP contribution < -0.4 is 10.5 Å². The smallest absolute Gasteiger partial charge is 0.170 e. The largest absolute Gasteiger partial charge is 0.448 e. The van der Waals surface area contributed by atoms with Gasteiger partial charge in [-0.3, -0.25) is 0 Å². The molecular formula is C17H15N3OS2. The second-order valence-electron chi connectivity index (χ2n) is 5.32. The van der Waals surface area contributed by atoms with Crippen molar-refractivity contribution in [3.63, 3.8) is 0 Å². The fourth-order valence-corrected chi connectivity index (χ4v) is 4.00. The van der Waals surface area contributed by atoms with Crippen LogP contribution >= 0.6 is 24.0 Å². The zero-order valence-electron chi connectivity index (χ0n) is 12.6. The van der Waals surface area contributed by atoms with Crippen molar-refractivity contribution in [2.45, 2.75) is 26.2 Å². The SMILES string of the molecule is CC1=C2CCC(=CN)C(=S)C(=C(Oc3ccc(C#N)nc3)S1)C2. The summed E-state index contributed by atoms with van der Waals surface area (Å²) in [5, 5.41) is 9.60. The molecule has 0 saturated heterocycles. The third-order valence-corrected chi connectivity index (χ3v) is 5.52. The van der Waals surface area contributed by atoms with Crippen molar-refractivity contribution >= 4 is 28.8 Å². The van der Waals surface area contributed by atoms with Gasteiger partial charge >= 0.3 is 0 Å². The van der Waals surface area contributed by atoms with Crippen LogP contribution in [0.4, 0.5) is 0 Å². The van der Waals surface area contributed by atoms with Crippen molar-refractivity contribution < 1.29 is 4.74 Å². The second-order valence-corrected chi connectivity index (χ2v) is 6.91. The van der Waals surface area contributed by atoms with E-state index >= 15 is 0 Å². The van der Waals surface area contributed by atoms with E-state index in [0.717, 1.165) is 40.4 Å². The number of nitrogens with zero attached hydrogens (tertiary/aromatic N) is 2. The van der Waals surface area contributed by atoms with Gasteiger partial charge in [0, 0.05) is 12.0 Å². The van der Waals surface area contributed by atoms with Gasteiger partial charge in [-0.1, -0.05) is 29.6 Å². The minimum absolute atomic E-state index is 0.364. The number of pyridine rings is 1. The fraction of sp³-hybridized carbons (Fsp3) is 0.235. The number of aromatic nitrogens is 1. The molecule has 6 heteroatoms. The highest BCUT2D eigenvalue weighted by molar-refractivity contribution is 8.06. The van der Waals surface area contributed by atoms with E-state index < -0.39 is 0 Å². The number of nitriles is 1. The van der Waals surface area contributed by atoms with E-state index in [-0.39, 0.29) is 0 Å². The summed E-state index contributed by atoms with van der Waals surface area (Å²) in [6.45, 7) is 2.11. The molecule has 1 saturated carbocycles. The van der Waals surface area contributed by atoms with Gasteiger partial charge in [-0.05, 0) is 48.6 Å². The lowest BCUT2D eigenvalue weighted by molar-refractivity contribution is 0.459. The molecule has 2 aliphatic rings. The summed E-state index contributed by atoms with van der Waals surface area (Å²) in [5.41, 5.74) is 9.51. The van der Waals surface area contributed by atoms with Crippen molar-refractivity contribution in [2.24, 2.45) is 5.73 Å². The number of rotatable bonds is 2. The highest BCUT2D eigenvalue weighted by Crippen LogP contribution is 2.44. The Bertz CT molecular complexity index is 796. The van der Waals surface area contributed by atoms with Crippen molar-refractivity contribution in [3.8, 4) is 11.8 Å². The normalized spacial score (nSPS) is 19.7. The molecule has 0 amide bonds. The topological polar surface area (TPSA) is 71.9 Å². The zero-order valence-corrected chi connectivity index (χ0v) is 14.3. The molecule has 3 rings (SSSR count). The van der Waals surface area contributed by atoms with Gasteiger partial charge in [0.1, 0.15) is 17.5 Å². The van der Waals surface area contributed by atoms with Crippen molar-refractivity contribution in [1.29, 1.82) is 5.26 Å². The van der Waals surface area contributed by atoms with Gasteiger partial charge in [0.2, 0.25) is 0 Å². The molecular weight excluding hydrogens is 326 g/mol. The molecule has 4 nitrogen and oxygen atoms in total. The Morgan fingerprint density at radius 2 is 2.26 bits per heavy atom. The third-order valence-electron chi connectivity index (χ3n) is 3.90. The van der Waals surface area contributed by atoms with Crippen molar-refractivity contribution in [3.05, 3.63) is 56.9 Å². The Morgan fingerprint density at radius 3 is 2.91 bits per heavy atom. The Morgan fingerprint density at radius 1 is 1.43 bits per heavy atom. The highest BCUT2D eigenvalue weighted by atomic mass is 32.2. The lowest BCUT2D eigenvalue weighted by Crippen LogP contribution is -2.11. The van der Waals surface area contributed by atoms with Gasteiger partial charge in [-0.15, -0.1) is 0 Å². The summed E-state index contributed by atoms with van der Waals surface area (Å²) in [7, 11) is 0. The van der Waals surface area contributed by atoms with Gasteiger partial charge in [-0.2, -0.15) is 5.26 Å². The molecule has 1 aromatic heterocycles. The molecule has 0 spiro atoms. The van der Waals surface area contributed by atoms with Crippen LogP contribution in [0.25, 0.3) is 0 Å². The van der Waals surface area contributed by atoms with E-state index in [9.17, 15) is 0 Å². The maximum atomic E-state index is 8.82. The van der Waals surface area contributed by atoms with Crippen LogP contribution in [0.3, 0.4) is 0 Å². The Balaban J connectivity index is 1.96. The first kappa shape index (κ1) is 15.8. The summed E-state index contributed by atoms with van der Waals surface area (Å²) in [5.74, 6) is 0.598. The first-order valence-electron chi connectivity index (χ1n) is 7.21. The first-order valence-corrected chi connectivity index (χ1v) is 8.44. The fourth-order valence-electron chi connectivity index (χ4n) is 2.57. The molecule has 1 aliphatic heterocycles. The lowest BCUT2D eigenvalue weighted by atomic mass is 10.0. The van der Waals surface area contributed by atoms with Gasteiger partial charge in [0.05, 0.1) is 11.1 Å². The number of nitrogens with two attached hydrogens (primary N) is 1. The minimum Gasteiger partial charge on any atom is -0.448 e. The van der Waals surface area contributed by atoms with E-state index in [1.807, 2.05) is 6.07 Å². The molecule has 0 unspecified atom stereocenters. The molecule has 1 aromatic rings. The van der Waals surface area contributed by atoms with Crippen LogP contribution in [0.1, 0.15) is 31.9 Å². The average molecular weight is 341 g/mol. The third kappa shape index (κ3) is 3.16. The summed E-state index contributed by atoms with van der Waals surface area (Å²) in [6, 6.07) is 5.38. The van der Waals surface area contributed by atoms with Gasteiger partial charge in [-0.25, -0.2) is 4.98 Å². The summed E-state index contributed by atoms with van der Waals surface area (Å²) in [6.07, 6.45) is 5.83. The molecule has 23 heavy (non-hydrogen) atoms. The van der Waals surface area contributed by atoms with E-state index in [4.69, 9.17) is 28.0 Å². The summed E-state index contributed by atoms with van der Waals surface area (Å²) < 4.78 is 6.01. The van der Waals surface area contributed by atoms with Crippen LogP contribution in [-0.2, 0) is 0 Å². The quantitative estimate of drug-likeness (QED) is 0.648. The van der Waals surface area contributed by atoms with Crippen molar-refractivity contribution in [1.82, 2.24) is 4.98 Å². The highest BCUT2D eigenvalue weighted by Gasteiger charge is 2.28. The number of ether oxygens (including phenoxy) is 1. The summed E-state index contributed by atoms with van der Waals surface area (Å²) >= 11 is 7.21. The van der Waals surface area contributed by atoms with Gasteiger partial charge < -0.3 is 10.5 Å². The molecule has 0 atom stereocenters. The Labute approximate surface area is 144 Å². The zero-order chi connectivity index (χ0) is 16.4. The predicted molar refractivity (Wildman–Crippen MR) is 95.6 cm³/mol. The first-order chi connectivity index (χ1) is 11.1. The summed E-state index contributed by atoms with van der Waals surface area (Å²) in [4.78, 5) is 6.08. The lowest BCUT2D eigenvalue weighted by Gasteiger charge is -2.21. The standard InChI is InChI=1S/C17H15N3OS2/c1-10-11-2-3-12(7-18)16(22)15(6-11)17(23-10)21-14-5-4-13(8-19)20-9-14/h4-5,7,9H,2-3,6,18H2,1H3. The van der Waals surface area contributed by atoms with Gasteiger partial charge in [0.15, 0.2) is 5.09 Å². The van der Waals surface area contributed by atoms with Crippen molar-refractivity contribution in [2.75, 3.05) is 0 Å². The Kier molecular flexibility index (Phi) is 4.51. The van der Waals surface area contributed by atoms with E-state index in [0.29, 0.717) is 11.4 Å². The van der Waals surface area contributed by atoms with Crippen LogP contribution in [0.2, 0.25) is 0 Å². The van der Waals surface area contributed by atoms with E-state index in [1.54, 1.807) is 36.3 Å². The minimum atomic E-state index is 0.364. The number of allylic oxidation sites excluding steroid dienone is 4. The number of hydrogen-bond donors (Lipinski definition) is 1. The monoisotopic (exact) mass is 341 g/mol. The molecule has 116 valence electrons. The van der Waals surface area contributed by atoms with E-state index in [1.165, 1.54) is 10.5 Å². The maximum Gasteiger partial charge on any atom is 0.170 e. The Hall–Kier alpha value is -2.10. The van der Waals surface area contributed by atoms with Crippen LogP contribution in [0.15, 0.2) is 51.2 Å². The average Bonchev–Trinajstić information content (AvgIpc) is 2.71. The number of thioether (sulfide) groups is 1. The van der Waals surface area contributed by atoms with Gasteiger partial charge in [0.25, 0.3) is 0 Å². The van der Waals surface area contributed by atoms with Crippen LogP contribution in [-0.4, -0.2) is 9.85 Å². The molecule has 2 bridgehead atoms. The van der Waals surface area contributed by atoms with Crippen LogP contribution in [0, 0.1) is 11.3 Å². The molecule has 1 fully saturated rings. The predicted octanol–water partition coefficient (Wildman–Crippen LogP) is 3.96. The molecule has 2 N–H and O–H groups in total.